The molecule has 0 aromatic carbocycles. The van der Waals surface area contributed by atoms with Gasteiger partial charge in [0.15, 0.2) is 0 Å². The summed E-state index contributed by atoms with van der Waals surface area (Å²) in [5, 5.41) is 3.13. The molecule has 6 fully saturated rings. The van der Waals surface area contributed by atoms with Gasteiger partial charge in [-0.3, -0.25) is 14.4 Å². The van der Waals surface area contributed by atoms with Crippen molar-refractivity contribution in [2.24, 2.45) is 29.1 Å². The molecule has 2 heterocycles. The first-order chi connectivity index (χ1) is 15.8. The summed E-state index contributed by atoms with van der Waals surface area (Å²) in [4.78, 5) is 42.6. The fraction of sp³-hybridized carbons (Fsp3) is 0.885. The predicted molar refractivity (Wildman–Crippen MR) is 124 cm³/mol. The van der Waals surface area contributed by atoms with Gasteiger partial charge in [0.05, 0.1) is 12.2 Å². The van der Waals surface area contributed by atoms with E-state index in [1.807, 2.05) is 23.6 Å². The topological polar surface area (TPSA) is 79.0 Å². The van der Waals surface area contributed by atoms with Crippen molar-refractivity contribution in [1.29, 1.82) is 0 Å². The lowest BCUT2D eigenvalue weighted by molar-refractivity contribution is -0.150. The average Bonchev–Trinajstić information content (AvgIpc) is 2.77. The summed E-state index contributed by atoms with van der Waals surface area (Å²) < 4.78 is 5.75. The molecule has 33 heavy (non-hydrogen) atoms. The highest BCUT2D eigenvalue weighted by Crippen LogP contribution is 2.60. The van der Waals surface area contributed by atoms with Gasteiger partial charge in [-0.15, -0.1) is 0 Å². The highest BCUT2D eigenvalue weighted by atomic mass is 16.5. The second kappa shape index (κ2) is 9.20. The minimum Gasteiger partial charge on any atom is -0.372 e. The van der Waals surface area contributed by atoms with Crippen LogP contribution in [0.1, 0.15) is 71.6 Å². The van der Waals surface area contributed by atoms with Crippen LogP contribution in [0.25, 0.3) is 0 Å². The number of rotatable bonds is 5. The standard InChI is InChI=1S/C26H41N3O4/c1-17-15-29(16-18(2)33-17)24(31)22-4-7-28(8-5-22)23(30)3-6-27-25(32)26-12-19-9-20(13-26)11-21(10-19)14-26/h17-22H,3-16H2,1-2H3,(H,27,32)/t17-,18+,19?,20?,21?,26?. The Morgan fingerprint density at radius 1 is 0.879 bits per heavy atom. The monoisotopic (exact) mass is 459 g/mol. The highest BCUT2D eigenvalue weighted by molar-refractivity contribution is 5.84. The zero-order chi connectivity index (χ0) is 23.2. The SMILES string of the molecule is C[C@@H]1CN(C(=O)C2CCN(C(=O)CCNC(=O)C34CC5CC(CC(C5)C3)C4)CC2)C[C@H](C)O1. The Kier molecular flexibility index (Phi) is 6.45. The molecule has 0 radical (unpaired) electrons. The number of likely N-dealkylation sites (tertiary alicyclic amines) is 1. The molecule has 2 atom stereocenters. The summed E-state index contributed by atoms with van der Waals surface area (Å²) >= 11 is 0. The maximum absolute atomic E-state index is 13.1. The Morgan fingerprint density at radius 2 is 1.42 bits per heavy atom. The lowest BCUT2D eigenvalue weighted by Gasteiger charge is -2.55. The van der Waals surface area contributed by atoms with Crippen LogP contribution in [0.15, 0.2) is 0 Å². The van der Waals surface area contributed by atoms with Crippen LogP contribution >= 0.6 is 0 Å². The molecule has 2 saturated heterocycles. The van der Waals surface area contributed by atoms with Gasteiger partial charge in [0, 0.05) is 50.5 Å². The molecular formula is C26H41N3O4. The molecule has 3 amide bonds. The third kappa shape index (κ3) is 4.80. The highest BCUT2D eigenvalue weighted by Gasteiger charge is 2.54. The van der Waals surface area contributed by atoms with E-state index in [1.54, 1.807) is 0 Å². The summed E-state index contributed by atoms with van der Waals surface area (Å²) in [5.74, 6) is 2.76. The van der Waals surface area contributed by atoms with Crippen LogP contribution in [-0.4, -0.2) is 72.5 Å². The lowest BCUT2D eigenvalue weighted by atomic mass is 9.49. The zero-order valence-electron chi connectivity index (χ0n) is 20.4. The van der Waals surface area contributed by atoms with Crippen molar-refractivity contribution in [2.75, 3.05) is 32.7 Å². The van der Waals surface area contributed by atoms with Crippen LogP contribution in [-0.2, 0) is 19.1 Å². The second-order valence-electron chi connectivity index (χ2n) is 11.9. The van der Waals surface area contributed by atoms with E-state index in [0.29, 0.717) is 39.1 Å². The first-order valence-electron chi connectivity index (χ1n) is 13.3. The zero-order valence-corrected chi connectivity index (χ0v) is 20.4. The minimum absolute atomic E-state index is 0.00216. The van der Waals surface area contributed by atoms with Crippen molar-refractivity contribution in [1.82, 2.24) is 15.1 Å². The van der Waals surface area contributed by atoms with E-state index in [4.69, 9.17) is 4.74 Å². The Morgan fingerprint density at radius 3 is 1.97 bits per heavy atom. The second-order valence-corrected chi connectivity index (χ2v) is 11.9. The Bertz CT molecular complexity index is 730. The van der Waals surface area contributed by atoms with Gasteiger partial charge >= 0.3 is 0 Å². The van der Waals surface area contributed by atoms with E-state index in [1.165, 1.54) is 19.3 Å². The Hall–Kier alpha value is -1.63. The third-order valence-electron chi connectivity index (χ3n) is 9.07. The van der Waals surface area contributed by atoms with Gasteiger partial charge in [0.1, 0.15) is 0 Å². The Labute approximate surface area is 198 Å². The molecule has 184 valence electrons. The largest absolute Gasteiger partial charge is 0.372 e. The van der Waals surface area contributed by atoms with Crippen LogP contribution in [0.2, 0.25) is 0 Å². The molecule has 6 rings (SSSR count). The number of nitrogens with zero attached hydrogens (tertiary/aromatic N) is 2. The van der Waals surface area contributed by atoms with Crippen LogP contribution < -0.4 is 5.32 Å². The first kappa shape index (κ1) is 23.1. The van der Waals surface area contributed by atoms with Crippen molar-refractivity contribution in [3.63, 3.8) is 0 Å². The molecular weight excluding hydrogens is 418 g/mol. The number of piperidine rings is 1. The molecule has 7 heteroatoms. The van der Waals surface area contributed by atoms with Crippen molar-refractivity contribution >= 4 is 17.7 Å². The van der Waals surface area contributed by atoms with E-state index in [0.717, 1.165) is 49.9 Å². The van der Waals surface area contributed by atoms with Crippen molar-refractivity contribution in [2.45, 2.75) is 83.8 Å². The summed E-state index contributed by atoms with van der Waals surface area (Å²) in [6, 6.07) is 0. The van der Waals surface area contributed by atoms with Gasteiger partial charge in [0.2, 0.25) is 17.7 Å². The number of hydrogen-bond acceptors (Lipinski definition) is 4. The molecule has 0 unspecified atom stereocenters. The summed E-state index contributed by atoms with van der Waals surface area (Å²) in [6.07, 6.45) is 9.11. The van der Waals surface area contributed by atoms with Gasteiger partial charge in [0.25, 0.3) is 0 Å². The number of ether oxygens (including phenoxy) is 1. The van der Waals surface area contributed by atoms with Crippen LogP contribution in [0.5, 0.6) is 0 Å². The summed E-state index contributed by atoms with van der Waals surface area (Å²) in [6.45, 7) is 7.04. The quantitative estimate of drug-likeness (QED) is 0.685. The van der Waals surface area contributed by atoms with Crippen molar-refractivity contribution in [3.05, 3.63) is 0 Å². The minimum atomic E-state index is -0.148. The number of amides is 3. The van der Waals surface area contributed by atoms with E-state index >= 15 is 0 Å². The molecule has 2 aliphatic heterocycles. The first-order valence-corrected chi connectivity index (χ1v) is 13.3. The normalized spacial score (nSPS) is 38.4. The van der Waals surface area contributed by atoms with E-state index < -0.39 is 0 Å². The van der Waals surface area contributed by atoms with Crippen molar-refractivity contribution in [3.8, 4) is 0 Å². The van der Waals surface area contributed by atoms with Gasteiger partial charge in [-0.05, 0) is 83.0 Å². The molecule has 4 bridgehead atoms. The molecule has 4 aliphatic carbocycles. The fourth-order valence-electron chi connectivity index (χ4n) is 8.01. The molecule has 0 spiro atoms. The van der Waals surface area contributed by atoms with Crippen molar-refractivity contribution < 1.29 is 19.1 Å². The predicted octanol–water partition coefficient (Wildman–Crippen LogP) is 2.58. The maximum atomic E-state index is 13.1. The van der Waals surface area contributed by atoms with E-state index in [2.05, 4.69) is 5.32 Å². The Balaban J connectivity index is 1.04. The fourth-order valence-corrected chi connectivity index (χ4v) is 8.01. The summed E-state index contributed by atoms with van der Waals surface area (Å²) in [7, 11) is 0. The molecule has 6 aliphatic rings. The van der Waals surface area contributed by atoms with E-state index in [-0.39, 0.29) is 41.3 Å². The lowest BCUT2D eigenvalue weighted by Crippen LogP contribution is -2.54. The number of carbonyl (C=O) groups excluding carboxylic acids is 3. The van der Waals surface area contributed by atoms with E-state index in [9.17, 15) is 14.4 Å². The van der Waals surface area contributed by atoms with Crippen LogP contribution in [0, 0.1) is 29.1 Å². The summed E-state index contributed by atoms with van der Waals surface area (Å²) in [5.41, 5.74) is -0.148. The number of hydrogen-bond donors (Lipinski definition) is 1. The van der Waals surface area contributed by atoms with Gasteiger partial charge in [-0.2, -0.15) is 0 Å². The van der Waals surface area contributed by atoms with Gasteiger partial charge < -0.3 is 19.9 Å². The molecule has 0 aromatic rings. The number of carbonyl (C=O) groups is 3. The molecule has 7 nitrogen and oxygen atoms in total. The third-order valence-corrected chi connectivity index (χ3v) is 9.07. The number of morpholine rings is 1. The molecule has 4 saturated carbocycles. The molecule has 0 aromatic heterocycles. The smallest absolute Gasteiger partial charge is 0.226 e. The maximum Gasteiger partial charge on any atom is 0.226 e. The molecule has 1 N–H and O–H groups in total. The van der Waals surface area contributed by atoms with Crippen LogP contribution in [0.3, 0.4) is 0 Å². The van der Waals surface area contributed by atoms with Crippen LogP contribution in [0.4, 0.5) is 0 Å². The average molecular weight is 460 g/mol. The van der Waals surface area contributed by atoms with Gasteiger partial charge in [-0.25, -0.2) is 0 Å². The number of nitrogens with one attached hydrogen (secondary N) is 1. The van der Waals surface area contributed by atoms with Gasteiger partial charge in [-0.1, -0.05) is 0 Å².